The molecule has 0 spiro atoms. The van der Waals surface area contributed by atoms with Crippen molar-refractivity contribution in [1.82, 2.24) is 0 Å². The molecule has 0 atom stereocenters. The number of nitrogens with one attached hydrogen (secondary N) is 1. The first-order valence-corrected chi connectivity index (χ1v) is 6.36. The maximum Gasteiger partial charge on any atom is 0.135 e. The van der Waals surface area contributed by atoms with Crippen molar-refractivity contribution in [3.63, 3.8) is 0 Å². The van der Waals surface area contributed by atoms with E-state index >= 15 is 0 Å². The lowest BCUT2D eigenvalue weighted by molar-refractivity contribution is 0.412. The lowest BCUT2D eigenvalue weighted by Crippen LogP contribution is -1.97. The van der Waals surface area contributed by atoms with Gasteiger partial charge in [0.05, 0.1) is 23.0 Å². The number of aryl methyl sites for hydroxylation is 1. The maximum atomic E-state index is 5.93. The first-order chi connectivity index (χ1) is 8.60. The van der Waals surface area contributed by atoms with Crippen molar-refractivity contribution in [2.24, 2.45) is 0 Å². The Morgan fingerprint density at radius 2 is 1.94 bits per heavy atom. The van der Waals surface area contributed by atoms with Gasteiger partial charge in [0.2, 0.25) is 0 Å². The zero-order valence-electron chi connectivity index (χ0n) is 10.3. The van der Waals surface area contributed by atoms with Crippen LogP contribution < -0.4 is 15.8 Å². The highest BCUT2D eigenvalue weighted by atomic mass is 79.9. The Bertz CT molecular complexity index is 570. The maximum absolute atomic E-state index is 5.93. The summed E-state index contributed by atoms with van der Waals surface area (Å²) in [5.41, 5.74) is 9.66. The number of methoxy groups -OCH3 is 1. The molecule has 2 aromatic rings. The van der Waals surface area contributed by atoms with Gasteiger partial charge in [-0.3, -0.25) is 0 Å². The molecule has 18 heavy (non-hydrogen) atoms. The van der Waals surface area contributed by atoms with Gasteiger partial charge in [0, 0.05) is 11.8 Å². The van der Waals surface area contributed by atoms with Crippen molar-refractivity contribution in [2.75, 3.05) is 18.2 Å². The van der Waals surface area contributed by atoms with Gasteiger partial charge in [-0.25, -0.2) is 0 Å². The lowest BCUT2D eigenvalue weighted by Gasteiger charge is -2.12. The molecular weight excluding hydrogens is 292 g/mol. The van der Waals surface area contributed by atoms with E-state index in [9.17, 15) is 0 Å². The molecule has 0 unspecified atom stereocenters. The SMILES string of the molecule is COc1cc(Nc2cc(C)ccc2N)ccc1Br. The summed E-state index contributed by atoms with van der Waals surface area (Å²) in [5, 5.41) is 3.29. The summed E-state index contributed by atoms with van der Waals surface area (Å²) in [6, 6.07) is 11.7. The Morgan fingerprint density at radius 3 is 2.67 bits per heavy atom. The van der Waals surface area contributed by atoms with Crippen molar-refractivity contribution in [3.8, 4) is 5.75 Å². The van der Waals surface area contributed by atoms with Gasteiger partial charge in [0.15, 0.2) is 0 Å². The zero-order chi connectivity index (χ0) is 13.1. The average molecular weight is 307 g/mol. The minimum Gasteiger partial charge on any atom is -0.495 e. The third kappa shape index (κ3) is 2.76. The number of halogens is 1. The third-order valence-electron chi connectivity index (χ3n) is 2.64. The second-order valence-electron chi connectivity index (χ2n) is 4.07. The van der Waals surface area contributed by atoms with Crippen LogP contribution in [-0.4, -0.2) is 7.11 Å². The molecule has 0 radical (unpaired) electrons. The Kier molecular flexibility index (Phi) is 3.77. The van der Waals surface area contributed by atoms with E-state index in [0.29, 0.717) is 0 Å². The largest absolute Gasteiger partial charge is 0.495 e. The minimum absolute atomic E-state index is 0.725. The summed E-state index contributed by atoms with van der Waals surface area (Å²) in [4.78, 5) is 0. The highest BCUT2D eigenvalue weighted by Gasteiger charge is 2.04. The van der Waals surface area contributed by atoms with Gasteiger partial charge < -0.3 is 15.8 Å². The van der Waals surface area contributed by atoms with Gasteiger partial charge in [-0.05, 0) is 52.7 Å². The molecule has 3 nitrogen and oxygen atoms in total. The normalized spacial score (nSPS) is 10.2. The first kappa shape index (κ1) is 12.8. The standard InChI is InChI=1S/C14H15BrN2O/c1-9-3-6-12(16)13(7-9)17-10-4-5-11(15)14(8-10)18-2/h3-8,17H,16H2,1-2H3. The molecule has 94 valence electrons. The number of rotatable bonds is 3. The van der Waals surface area contributed by atoms with Crippen molar-refractivity contribution in [1.29, 1.82) is 0 Å². The summed E-state index contributed by atoms with van der Waals surface area (Å²) >= 11 is 3.42. The molecule has 2 rings (SSSR count). The van der Waals surface area contributed by atoms with Crippen LogP contribution in [-0.2, 0) is 0 Å². The van der Waals surface area contributed by atoms with E-state index in [2.05, 4.69) is 21.2 Å². The summed E-state index contributed by atoms with van der Waals surface area (Å²) < 4.78 is 6.18. The number of hydrogen-bond acceptors (Lipinski definition) is 3. The summed E-state index contributed by atoms with van der Waals surface area (Å²) in [5.74, 6) is 0.784. The summed E-state index contributed by atoms with van der Waals surface area (Å²) in [6.07, 6.45) is 0. The Labute approximate surface area is 115 Å². The molecule has 4 heteroatoms. The summed E-state index contributed by atoms with van der Waals surface area (Å²) in [7, 11) is 1.64. The zero-order valence-corrected chi connectivity index (χ0v) is 11.9. The predicted octanol–water partition coefficient (Wildman–Crippen LogP) is 4.09. The van der Waals surface area contributed by atoms with E-state index in [4.69, 9.17) is 10.5 Å². The number of anilines is 3. The summed E-state index contributed by atoms with van der Waals surface area (Å²) in [6.45, 7) is 2.03. The molecule has 0 aliphatic heterocycles. The molecule has 0 fully saturated rings. The molecule has 0 amide bonds. The van der Waals surface area contributed by atoms with Crippen molar-refractivity contribution < 1.29 is 4.74 Å². The topological polar surface area (TPSA) is 47.3 Å². The van der Waals surface area contributed by atoms with Crippen LogP contribution in [0.15, 0.2) is 40.9 Å². The highest BCUT2D eigenvalue weighted by molar-refractivity contribution is 9.10. The molecule has 0 heterocycles. The second kappa shape index (κ2) is 5.31. The second-order valence-corrected chi connectivity index (χ2v) is 4.92. The highest BCUT2D eigenvalue weighted by Crippen LogP contribution is 2.31. The van der Waals surface area contributed by atoms with Gasteiger partial charge in [-0.15, -0.1) is 0 Å². The van der Waals surface area contributed by atoms with E-state index in [0.717, 1.165) is 32.8 Å². The average Bonchev–Trinajstić information content (AvgIpc) is 2.36. The smallest absolute Gasteiger partial charge is 0.135 e. The molecule has 2 aromatic carbocycles. The first-order valence-electron chi connectivity index (χ1n) is 5.57. The fourth-order valence-corrected chi connectivity index (χ4v) is 2.08. The molecule has 0 aliphatic carbocycles. The van der Waals surface area contributed by atoms with E-state index in [-0.39, 0.29) is 0 Å². The van der Waals surface area contributed by atoms with E-state index < -0.39 is 0 Å². The quantitative estimate of drug-likeness (QED) is 0.840. The molecule has 3 N–H and O–H groups in total. The van der Waals surface area contributed by atoms with Crippen LogP contribution in [0, 0.1) is 6.92 Å². The van der Waals surface area contributed by atoms with Gasteiger partial charge in [0.1, 0.15) is 5.75 Å². The van der Waals surface area contributed by atoms with Crippen molar-refractivity contribution >= 4 is 33.0 Å². The van der Waals surface area contributed by atoms with Gasteiger partial charge in [0.25, 0.3) is 0 Å². The molecular formula is C14H15BrN2O. The molecule has 0 aromatic heterocycles. The van der Waals surface area contributed by atoms with E-state index in [1.807, 2.05) is 43.3 Å². The Morgan fingerprint density at radius 1 is 1.17 bits per heavy atom. The fourth-order valence-electron chi connectivity index (χ4n) is 1.67. The van der Waals surface area contributed by atoms with Crippen LogP contribution in [0.1, 0.15) is 5.56 Å². The Balaban J connectivity index is 2.31. The van der Waals surface area contributed by atoms with Crippen LogP contribution >= 0.6 is 15.9 Å². The Hall–Kier alpha value is -1.68. The monoisotopic (exact) mass is 306 g/mol. The molecule has 0 bridgehead atoms. The molecule has 0 saturated heterocycles. The predicted molar refractivity (Wildman–Crippen MR) is 79.6 cm³/mol. The van der Waals surface area contributed by atoms with Crippen molar-refractivity contribution in [2.45, 2.75) is 6.92 Å². The number of ether oxygens (including phenoxy) is 1. The van der Waals surface area contributed by atoms with E-state index in [1.54, 1.807) is 7.11 Å². The third-order valence-corrected chi connectivity index (χ3v) is 3.29. The number of nitrogen functional groups attached to an aromatic ring is 1. The number of hydrogen-bond donors (Lipinski definition) is 2. The van der Waals surface area contributed by atoms with Gasteiger partial charge >= 0.3 is 0 Å². The molecule has 0 saturated carbocycles. The minimum atomic E-state index is 0.725. The number of benzene rings is 2. The van der Waals surface area contributed by atoms with Crippen molar-refractivity contribution in [3.05, 3.63) is 46.4 Å². The fraction of sp³-hybridized carbons (Fsp3) is 0.143. The van der Waals surface area contributed by atoms with E-state index in [1.165, 1.54) is 0 Å². The van der Waals surface area contributed by atoms with Crippen LogP contribution in [0.4, 0.5) is 17.1 Å². The van der Waals surface area contributed by atoms with Crippen LogP contribution in [0.2, 0.25) is 0 Å². The van der Waals surface area contributed by atoms with Crippen LogP contribution in [0.3, 0.4) is 0 Å². The van der Waals surface area contributed by atoms with Gasteiger partial charge in [-0.2, -0.15) is 0 Å². The molecule has 0 aliphatic rings. The van der Waals surface area contributed by atoms with Crippen LogP contribution in [0.25, 0.3) is 0 Å². The lowest BCUT2D eigenvalue weighted by atomic mass is 10.2. The van der Waals surface area contributed by atoms with Gasteiger partial charge in [-0.1, -0.05) is 6.07 Å². The number of nitrogens with two attached hydrogens (primary N) is 1. The van der Waals surface area contributed by atoms with Crippen LogP contribution in [0.5, 0.6) is 5.75 Å².